The van der Waals surface area contributed by atoms with Crippen LogP contribution in [0.5, 0.6) is 5.88 Å². The molecule has 2 saturated heterocycles. The monoisotopic (exact) mass is 366 g/mol. The van der Waals surface area contributed by atoms with Crippen molar-refractivity contribution in [1.29, 1.82) is 0 Å². The largest absolute Gasteiger partial charge is 0.481 e. The number of likely N-dealkylation sites (tertiary alicyclic amines) is 1. The summed E-state index contributed by atoms with van der Waals surface area (Å²) in [6.45, 7) is 3.22. The molecule has 4 rings (SSSR count). The van der Waals surface area contributed by atoms with Crippen LogP contribution in [0, 0.1) is 11.8 Å². The fraction of sp³-hybridized carbons (Fsp3) is 0.722. The van der Waals surface area contributed by atoms with Gasteiger partial charge in [0.2, 0.25) is 5.88 Å². The van der Waals surface area contributed by atoms with Crippen LogP contribution in [0.3, 0.4) is 0 Å². The van der Waals surface area contributed by atoms with Gasteiger partial charge in [0.15, 0.2) is 9.84 Å². The van der Waals surface area contributed by atoms with Crippen molar-refractivity contribution in [1.82, 2.24) is 9.88 Å². The molecule has 2 aliphatic heterocycles. The van der Waals surface area contributed by atoms with Crippen LogP contribution >= 0.6 is 0 Å². The lowest BCUT2D eigenvalue weighted by atomic mass is 9.83. The van der Waals surface area contributed by atoms with E-state index in [0.717, 1.165) is 18.6 Å². The molecule has 138 valence electrons. The molecule has 0 N–H and O–H groups in total. The van der Waals surface area contributed by atoms with Gasteiger partial charge in [0.05, 0.1) is 19.5 Å². The fourth-order valence-electron chi connectivity index (χ4n) is 4.16. The third-order valence-electron chi connectivity index (χ3n) is 5.89. The molecule has 1 aromatic heterocycles. The summed E-state index contributed by atoms with van der Waals surface area (Å²) in [6, 6.07) is 3.87. The van der Waals surface area contributed by atoms with Gasteiger partial charge in [-0.1, -0.05) is 6.07 Å². The highest BCUT2D eigenvalue weighted by Gasteiger charge is 2.61. The molecule has 7 heteroatoms. The summed E-state index contributed by atoms with van der Waals surface area (Å²) in [5.74, 6) is 1.75. The number of methoxy groups -OCH3 is 1. The van der Waals surface area contributed by atoms with Crippen LogP contribution in [0.4, 0.5) is 0 Å². The maximum absolute atomic E-state index is 12.7. The van der Waals surface area contributed by atoms with E-state index in [2.05, 4.69) is 9.88 Å². The van der Waals surface area contributed by atoms with E-state index in [-0.39, 0.29) is 5.92 Å². The van der Waals surface area contributed by atoms with E-state index in [4.69, 9.17) is 9.47 Å². The third kappa shape index (κ3) is 3.17. The molecule has 25 heavy (non-hydrogen) atoms. The van der Waals surface area contributed by atoms with Gasteiger partial charge in [-0.25, -0.2) is 13.4 Å². The van der Waals surface area contributed by atoms with Crippen LogP contribution in [0.25, 0.3) is 0 Å². The number of rotatable bonds is 7. The second kappa shape index (κ2) is 6.52. The second-order valence-corrected chi connectivity index (χ2v) is 10.1. The van der Waals surface area contributed by atoms with E-state index in [1.165, 1.54) is 12.8 Å². The maximum atomic E-state index is 12.7. The predicted octanol–water partition coefficient (Wildman–Crippen LogP) is 1.51. The molecular formula is C18H26N2O4S. The Bertz CT molecular complexity index is 726. The van der Waals surface area contributed by atoms with Crippen LogP contribution in [0.15, 0.2) is 18.3 Å². The standard InChI is InChI=1S/C18H26N2O4S/c1-23-17-15(3-2-7-19-17)9-20-12-18(13-20)16(6-8-25(18,21)22)11-24-10-14-4-5-14/h2-3,7,14,16H,4-6,8-13H2,1H3. The van der Waals surface area contributed by atoms with E-state index in [9.17, 15) is 8.42 Å². The Kier molecular flexibility index (Phi) is 4.50. The minimum atomic E-state index is -3.04. The summed E-state index contributed by atoms with van der Waals surface area (Å²) < 4.78 is 35.9. The molecule has 1 unspecified atom stereocenters. The molecule has 0 radical (unpaired) electrons. The summed E-state index contributed by atoms with van der Waals surface area (Å²) in [4.78, 5) is 6.39. The molecule has 0 bridgehead atoms. The minimum Gasteiger partial charge on any atom is -0.481 e. The lowest BCUT2D eigenvalue weighted by molar-refractivity contribution is 0.0224. The zero-order valence-electron chi connectivity index (χ0n) is 14.7. The van der Waals surface area contributed by atoms with Gasteiger partial charge in [-0.3, -0.25) is 4.90 Å². The third-order valence-corrected chi connectivity index (χ3v) is 8.49. The van der Waals surface area contributed by atoms with Crippen molar-refractivity contribution in [3.8, 4) is 5.88 Å². The van der Waals surface area contributed by atoms with E-state index >= 15 is 0 Å². The predicted molar refractivity (Wildman–Crippen MR) is 94.2 cm³/mol. The summed E-state index contributed by atoms with van der Waals surface area (Å²) >= 11 is 0. The van der Waals surface area contributed by atoms with Crippen molar-refractivity contribution in [3.05, 3.63) is 23.9 Å². The number of hydrogen-bond donors (Lipinski definition) is 0. The quantitative estimate of drug-likeness (QED) is 0.729. The van der Waals surface area contributed by atoms with Crippen molar-refractivity contribution in [2.45, 2.75) is 30.6 Å². The molecule has 1 spiro atoms. The van der Waals surface area contributed by atoms with Gasteiger partial charge in [0.25, 0.3) is 0 Å². The number of nitrogens with zero attached hydrogens (tertiary/aromatic N) is 2. The van der Waals surface area contributed by atoms with Crippen LogP contribution in [-0.2, 0) is 21.1 Å². The van der Waals surface area contributed by atoms with E-state index in [1.54, 1.807) is 13.3 Å². The van der Waals surface area contributed by atoms with Crippen LogP contribution in [0.2, 0.25) is 0 Å². The Balaban J connectivity index is 1.40. The highest BCUT2D eigenvalue weighted by molar-refractivity contribution is 7.93. The number of hydrogen-bond acceptors (Lipinski definition) is 6. The summed E-state index contributed by atoms with van der Waals surface area (Å²) in [7, 11) is -1.43. The summed E-state index contributed by atoms with van der Waals surface area (Å²) in [5.41, 5.74) is 0.997. The average Bonchev–Trinajstić information content (AvgIpc) is 3.34. The van der Waals surface area contributed by atoms with Crippen LogP contribution < -0.4 is 4.74 Å². The zero-order valence-corrected chi connectivity index (χ0v) is 15.5. The molecule has 3 fully saturated rings. The Morgan fingerprint density at radius 2 is 2.08 bits per heavy atom. The molecule has 0 amide bonds. The van der Waals surface area contributed by atoms with E-state index in [1.807, 2.05) is 12.1 Å². The van der Waals surface area contributed by atoms with Gasteiger partial charge in [0, 0.05) is 43.9 Å². The first kappa shape index (κ1) is 17.2. The lowest BCUT2D eigenvalue weighted by Gasteiger charge is -2.50. The number of sulfone groups is 1. The average molecular weight is 366 g/mol. The first-order chi connectivity index (χ1) is 12.0. The van der Waals surface area contributed by atoms with Gasteiger partial charge in [0.1, 0.15) is 4.75 Å². The molecule has 1 aromatic rings. The Morgan fingerprint density at radius 1 is 1.28 bits per heavy atom. The number of ether oxygens (including phenoxy) is 2. The van der Waals surface area contributed by atoms with Crippen molar-refractivity contribution in [2.24, 2.45) is 11.8 Å². The van der Waals surface area contributed by atoms with E-state index < -0.39 is 14.6 Å². The van der Waals surface area contributed by atoms with Gasteiger partial charge in [-0.15, -0.1) is 0 Å². The van der Waals surface area contributed by atoms with Crippen LogP contribution in [-0.4, -0.2) is 62.2 Å². The van der Waals surface area contributed by atoms with Gasteiger partial charge in [-0.2, -0.15) is 0 Å². The molecule has 1 saturated carbocycles. The zero-order chi connectivity index (χ0) is 17.5. The highest BCUT2D eigenvalue weighted by Crippen LogP contribution is 2.45. The van der Waals surface area contributed by atoms with Crippen LogP contribution in [0.1, 0.15) is 24.8 Å². The number of pyridine rings is 1. The van der Waals surface area contributed by atoms with E-state index in [0.29, 0.717) is 43.8 Å². The Hall–Kier alpha value is -1.18. The van der Waals surface area contributed by atoms with Crippen molar-refractivity contribution >= 4 is 9.84 Å². The second-order valence-electron chi connectivity index (χ2n) is 7.67. The Morgan fingerprint density at radius 3 is 2.80 bits per heavy atom. The topological polar surface area (TPSA) is 68.7 Å². The SMILES string of the molecule is COc1ncccc1CN1CC2(C1)C(COCC1CC1)CCS2(=O)=O. The van der Waals surface area contributed by atoms with Gasteiger partial charge < -0.3 is 9.47 Å². The smallest absolute Gasteiger partial charge is 0.217 e. The van der Waals surface area contributed by atoms with Crippen molar-refractivity contribution < 1.29 is 17.9 Å². The highest BCUT2D eigenvalue weighted by atomic mass is 32.2. The normalized spacial score (nSPS) is 27.3. The van der Waals surface area contributed by atoms with Gasteiger partial charge >= 0.3 is 0 Å². The minimum absolute atomic E-state index is 0.128. The molecule has 0 aromatic carbocycles. The molecular weight excluding hydrogens is 340 g/mol. The fourth-order valence-corrected chi connectivity index (χ4v) is 6.61. The molecule has 1 atom stereocenters. The molecule has 3 heterocycles. The first-order valence-electron chi connectivity index (χ1n) is 9.04. The number of aromatic nitrogens is 1. The first-order valence-corrected chi connectivity index (χ1v) is 10.7. The van der Waals surface area contributed by atoms with Crippen molar-refractivity contribution in [2.75, 3.05) is 39.2 Å². The van der Waals surface area contributed by atoms with Gasteiger partial charge in [-0.05, 0) is 31.2 Å². The lowest BCUT2D eigenvalue weighted by Crippen LogP contribution is -2.67. The molecule has 6 nitrogen and oxygen atoms in total. The maximum Gasteiger partial charge on any atom is 0.217 e. The Labute approximate surface area is 149 Å². The summed E-state index contributed by atoms with van der Waals surface area (Å²) in [6.07, 6.45) is 4.95. The molecule has 3 aliphatic rings. The summed E-state index contributed by atoms with van der Waals surface area (Å²) in [5, 5.41) is 0. The van der Waals surface area contributed by atoms with Crippen molar-refractivity contribution in [3.63, 3.8) is 0 Å². The molecule has 1 aliphatic carbocycles.